The Hall–Kier alpha value is -2.89. The molecule has 2 aromatic carbocycles. The summed E-state index contributed by atoms with van der Waals surface area (Å²) in [6, 6.07) is 14.2. The molecule has 0 spiro atoms. The number of carbonyl (C=O) groups excluding carboxylic acids is 2. The number of carbonyl (C=O) groups is 2. The van der Waals surface area contributed by atoms with Crippen LogP contribution in [-0.4, -0.2) is 35.9 Å². The fourth-order valence-corrected chi connectivity index (χ4v) is 2.44. The molecule has 2 amide bonds. The van der Waals surface area contributed by atoms with Crippen LogP contribution in [0.15, 0.2) is 54.6 Å². The number of halogens is 1. The van der Waals surface area contributed by atoms with Crippen LogP contribution in [0.25, 0.3) is 0 Å². The topological polar surface area (TPSA) is 58.6 Å². The fraction of sp³-hybridized carbons (Fsp3) is 0.300. The molecular formula is C20H23FN2O3. The zero-order chi connectivity index (χ0) is 18.9. The molecule has 0 saturated carbocycles. The smallest absolute Gasteiger partial charge is 0.261 e. The lowest BCUT2D eigenvalue weighted by Crippen LogP contribution is -2.49. The van der Waals surface area contributed by atoms with Gasteiger partial charge in [-0.3, -0.25) is 9.59 Å². The van der Waals surface area contributed by atoms with Gasteiger partial charge in [-0.05, 0) is 43.7 Å². The number of likely N-dealkylation sites (N-methyl/N-ethyl adjacent to an activating group) is 1. The molecule has 26 heavy (non-hydrogen) atoms. The number of benzene rings is 2. The van der Waals surface area contributed by atoms with Crippen molar-refractivity contribution in [2.75, 3.05) is 13.2 Å². The number of hydrogen-bond donors (Lipinski definition) is 1. The number of rotatable bonds is 8. The van der Waals surface area contributed by atoms with Crippen LogP contribution >= 0.6 is 0 Å². The molecule has 0 aliphatic carbocycles. The van der Waals surface area contributed by atoms with E-state index in [1.165, 1.54) is 17.0 Å². The van der Waals surface area contributed by atoms with Gasteiger partial charge in [0.15, 0.2) is 6.61 Å². The van der Waals surface area contributed by atoms with Gasteiger partial charge in [0.2, 0.25) is 5.91 Å². The third-order valence-electron chi connectivity index (χ3n) is 3.89. The number of ether oxygens (including phenoxy) is 1. The molecule has 0 fully saturated rings. The summed E-state index contributed by atoms with van der Waals surface area (Å²) in [4.78, 5) is 26.3. The monoisotopic (exact) mass is 358 g/mol. The van der Waals surface area contributed by atoms with Gasteiger partial charge in [0.05, 0.1) is 0 Å². The number of amides is 2. The van der Waals surface area contributed by atoms with Crippen LogP contribution in [0.3, 0.4) is 0 Å². The zero-order valence-electron chi connectivity index (χ0n) is 14.9. The van der Waals surface area contributed by atoms with Crippen molar-refractivity contribution >= 4 is 11.8 Å². The highest BCUT2D eigenvalue weighted by atomic mass is 19.1. The molecule has 2 rings (SSSR count). The van der Waals surface area contributed by atoms with E-state index in [1.807, 2.05) is 25.1 Å². The Labute approximate surface area is 152 Å². The number of para-hydroxylation sites is 1. The van der Waals surface area contributed by atoms with Gasteiger partial charge in [-0.1, -0.05) is 30.3 Å². The first-order chi connectivity index (χ1) is 12.5. The van der Waals surface area contributed by atoms with E-state index in [0.717, 1.165) is 5.56 Å². The van der Waals surface area contributed by atoms with E-state index < -0.39 is 6.04 Å². The predicted molar refractivity (Wildman–Crippen MR) is 97.0 cm³/mol. The van der Waals surface area contributed by atoms with E-state index in [2.05, 4.69) is 5.32 Å². The van der Waals surface area contributed by atoms with Crippen molar-refractivity contribution in [2.24, 2.45) is 0 Å². The Balaban J connectivity index is 2.11. The van der Waals surface area contributed by atoms with E-state index in [0.29, 0.717) is 12.3 Å². The van der Waals surface area contributed by atoms with Crippen LogP contribution in [0.1, 0.15) is 19.4 Å². The maximum Gasteiger partial charge on any atom is 0.261 e. The maximum atomic E-state index is 13.1. The van der Waals surface area contributed by atoms with Crippen LogP contribution in [0, 0.1) is 5.82 Å². The van der Waals surface area contributed by atoms with Gasteiger partial charge in [-0.25, -0.2) is 4.39 Å². The van der Waals surface area contributed by atoms with Crippen molar-refractivity contribution in [1.82, 2.24) is 10.2 Å². The third-order valence-corrected chi connectivity index (χ3v) is 3.89. The highest BCUT2D eigenvalue weighted by Crippen LogP contribution is 2.13. The molecule has 0 aromatic heterocycles. The number of hydrogen-bond acceptors (Lipinski definition) is 3. The molecule has 0 aliphatic heterocycles. The molecule has 1 atom stereocenters. The van der Waals surface area contributed by atoms with Gasteiger partial charge in [0.1, 0.15) is 17.6 Å². The van der Waals surface area contributed by atoms with E-state index in [9.17, 15) is 14.0 Å². The average Bonchev–Trinajstić information content (AvgIpc) is 2.66. The van der Waals surface area contributed by atoms with Crippen LogP contribution in [0.5, 0.6) is 5.75 Å². The van der Waals surface area contributed by atoms with Crippen molar-refractivity contribution in [3.63, 3.8) is 0 Å². The molecule has 0 heterocycles. The lowest BCUT2D eigenvalue weighted by Gasteiger charge is -2.28. The van der Waals surface area contributed by atoms with Crippen LogP contribution in [0.2, 0.25) is 0 Å². The summed E-state index contributed by atoms with van der Waals surface area (Å²) in [6.45, 7) is 3.96. The predicted octanol–water partition coefficient (Wildman–Crippen LogP) is 2.76. The molecule has 0 radical (unpaired) electrons. The molecule has 2 aromatic rings. The normalized spacial score (nSPS) is 11.5. The Morgan fingerprint density at radius 3 is 2.38 bits per heavy atom. The standard InChI is InChI=1S/C20H23FN2O3/c1-3-22-20(25)15(2)23(13-16-9-11-17(21)12-10-16)19(24)14-26-18-7-5-4-6-8-18/h4-12,15H,3,13-14H2,1-2H3,(H,22,25)/t15-/m0/s1. The lowest BCUT2D eigenvalue weighted by atomic mass is 10.1. The van der Waals surface area contributed by atoms with Gasteiger partial charge in [0.25, 0.3) is 5.91 Å². The number of nitrogens with zero attached hydrogens (tertiary/aromatic N) is 1. The second-order valence-electron chi connectivity index (χ2n) is 5.82. The van der Waals surface area contributed by atoms with Gasteiger partial charge in [0, 0.05) is 13.1 Å². The fourth-order valence-electron chi connectivity index (χ4n) is 2.44. The summed E-state index contributed by atoms with van der Waals surface area (Å²) >= 11 is 0. The summed E-state index contributed by atoms with van der Waals surface area (Å²) in [5.74, 6) is -0.344. The van der Waals surface area contributed by atoms with E-state index in [-0.39, 0.29) is 30.8 Å². The molecule has 0 bridgehead atoms. The molecule has 0 aliphatic rings. The summed E-state index contributed by atoms with van der Waals surface area (Å²) in [6.07, 6.45) is 0. The highest BCUT2D eigenvalue weighted by molar-refractivity contribution is 5.87. The van der Waals surface area contributed by atoms with Gasteiger partial charge in [-0.2, -0.15) is 0 Å². The molecule has 0 unspecified atom stereocenters. The first-order valence-corrected chi connectivity index (χ1v) is 8.50. The quantitative estimate of drug-likeness (QED) is 0.789. The van der Waals surface area contributed by atoms with Gasteiger partial charge < -0.3 is 15.0 Å². The van der Waals surface area contributed by atoms with Gasteiger partial charge in [-0.15, -0.1) is 0 Å². The van der Waals surface area contributed by atoms with E-state index >= 15 is 0 Å². The highest BCUT2D eigenvalue weighted by Gasteiger charge is 2.26. The van der Waals surface area contributed by atoms with Crippen LogP contribution in [0.4, 0.5) is 4.39 Å². The SMILES string of the molecule is CCNC(=O)[C@H](C)N(Cc1ccc(F)cc1)C(=O)COc1ccccc1. The minimum Gasteiger partial charge on any atom is -0.484 e. The summed E-state index contributed by atoms with van der Waals surface area (Å²) in [5, 5.41) is 2.72. The van der Waals surface area contributed by atoms with Crippen molar-refractivity contribution in [3.8, 4) is 5.75 Å². The first-order valence-electron chi connectivity index (χ1n) is 8.50. The largest absolute Gasteiger partial charge is 0.484 e. The zero-order valence-corrected chi connectivity index (χ0v) is 14.9. The van der Waals surface area contributed by atoms with Crippen molar-refractivity contribution in [1.29, 1.82) is 0 Å². The molecular weight excluding hydrogens is 335 g/mol. The Morgan fingerprint density at radius 2 is 1.77 bits per heavy atom. The minimum absolute atomic E-state index is 0.186. The molecule has 1 N–H and O–H groups in total. The van der Waals surface area contributed by atoms with Crippen LogP contribution in [-0.2, 0) is 16.1 Å². The Kier molecular flexibility index (Phi) is 7.14. The second-order valence-corrected chi connectivity index (χ2v) is 5.82. The first kappa shape index (κ1) is 19.4. The van der Waals surface area contributed by atoms with E-state index in [4.69, 9.17) is 4.74 Å². The van der Waals surface area contributed by atoms with E-state index in [1.54, 1.807) is 31.2 Å². The lowest BCUT2D eigenvalue weighted by molar-refractivity contribution is -0.142. The Morgan fingerprint density at radius 1 is 1.12 bits per heavy atom. The van der Waals surface area contributed by atoms with Crippen molar-refractivity contribution in [3.05, 3.63) is 66.0 Å². The maximum absolute atomic E-state index is 13.1. The summed E-state index contributed by atoms with van der Waals surface area (Å²) in [5.41, 5.74) is 0.732. The third kappa shape index (κ3) is 5.58. The molecule has 138 valence electrons. The summed E-state index contributed by atoms with van der Waals surface area (Å²) in [7, 11) is 0. The van der Waals surface area contributed by atoms with Crippen LogP contribution < -0.4 is 10.1 Å². The second kappa shape index (κ2) is 9.56. The Bertz CT molecular complexity index is 720. The van der Waals surface area contributed by atoms with Crippen molar-refractivity contribution in [2.45, 2.75) is 26.4 Å². The van der Waals surface area contributed by atoms with Crippen molar-refractivity contribution < 1.29 is 18.7 Å². The number of nitrogens with one attached hydrogen (secondary N) is 1. The summed E-state index contributed by atoms with van der Waals surface area (Å²) < 4.78 is 18.6. The minimum atomic E-state index is -0.674. The molecule has 0 saturated heterocycles. The average molecular weight is 358 g/mol. The van der Waals surface area contributed by atoms with Gasteiger partial charge >= 0.3 is 0 Å². The molecule has 6 heteroatoms. The molecule has 5 nitrogen and oxygen atoms in total.